The molecule has 3 N–H and O–H groups in total. The van der Waals surface area contributed by atoms with Gasteiger partial charge in [-0.2, -0.15) is 0 Å². The van der Waals surface area contributed by atoms with Crippen LogP contribution >= 0.6 is 22.9 Å². The minimum atomic E-state index is -0.949. The molecule has 1 radical (unpaired) electrons. The Morgan fingerprint density at radius 3 is 2.58 bits per heavy atom. The summed E-state index contributed by atoms with van der Waals surface area (Å²) in [6, 6.07) is 11.1. The maximum atomic E-state index is 13.4. The van der Waals surface area contributed by atoms with E-state index in [2.05, 4.69) is 4.98 Å². The molecule has 0 spiro atoms. The van der Waals surface area contributed by atoms with E-state index in [9.17, 15) is 13.9 Å². The van der Waals surface area contributed by atoms with E-state index in [0.29, 0.717) is 15.5 Å². The Hall–Kier alpha value is -1.46. The van der Waals surface area contributed by atoms with Gasteiger partial charge in [0.05, 0.1) is 0 Å². The molecule has 3 rings (SSSR count). The summed E-state index contributed by atoms with van der Waals surface area (Å²) in [5.41, 5.74) is 7.73. The van der Waals surface area contributed by atoms with Crippen molar-refractivity contribution in [2.45, 2.75) is 17.7 Å². The van der Waals surface area contributed by atoms with Gasteiger partial charge in [-0.15, -0.1) is 0 Å². The molecule has 0 saturated carbocycles. The monoisotopic (exact) mass is 455 g/mol. The van der Waals surface area contributed by atoms with E-state index < -0.39 is 11.6 Å². The average molecular weight is 456 g/mol. The fourth-order valence-corrected chi connectivity index (χ4v) is 6.07. The second kappa shape index (κ2) is 8.49. The third-order valence-corrected chi connectivity index (χ3v) is 8.19. The van der Waals surface area contributed by atoms with Crippen LogP contribution in [0.3, 0.4) is 0 Å². The number of benzene rings is 2. The predicted molar refractivity (Wildman–Crippen MR) is 102 cm³/mol. The van der Waals surface area contributed by atoms with E-state index in [1.54, 1.807) is 0 Å². The van der Waals surface area contributed by atoms with Crippen LogP contribution in [0.25, 0.3) is 10.4 Å². The van der Waals surface area contributed by atoms with E-state index in [-0.39, 0.29) is 27.7 Å². The fourth-order valence-electron chi connectivity index (χ4n) is 2.38. The van der Waals surface area contributed by atoms with Crippen LogP contribution in [0.4, 0.5) is 8.78 Å². The molecule has 0 aliphatic carbocycles. The Morgan fingerprint density at radius 2 is 1.88 bits per heavy atom. The van der Waals surface area contributed by atoms with E-state index >= 15 is 0 Å². The topological polar surface area (TPSA) is 59.1 Å². The summed E-state index contributed by atoms with van der Waals surface area (Å²) >= 11 is 6.84. The Balaban J connectivity index is 1.63. The van der Waals surface area contributed by atoms with Gasteiger partial charge in [0, 0.05) is 0 Å². The summed E-state index contributed by atoms with van der Waals surface area (Å²) in [6.45, 7) is 0. The van der Waals surface area contributed by atoms with Gasteiger partial charge in [0.15, 0.2) is 0 Å². The molecule has 1 aromatic heterocycles. The number of nitrogens with zero attached hydrogens (tertiary/aromatic N) is 1. The molecule has 0 saturated heterocycles. The van der Waals surface area contributed by atoms with Crippen LogP contribution in [-0.2, 0) is 6.42 Å². The average Bonchev–Trinajstić information content (AvgIpc) is 2.98. The van der Waals surface area contributed by atoms with Gasteiger partial charge in [0.2, 0.25) is 0 Å². The van der Waals surface area contributed by atoms with Crippen molar-refractivity contribution in [2.24, 2.45) is 5.73 Å². The zero-order chi connectivity index (χ0) is 18.7. The molecule has 0 aliphatic rings. The van der Waals surface area contributed by atoms with Crippen molar-refractivity contribution >= 4 is 42.5 Å². The first-order valence-corrected chi connectivity index (χ1v) is 11.2. The van der Waals surface area contributed by atoms with Gasteiger partial charge in [-0.3, -0.25) is 0 Å². The van der Waals surface area contributed by atoms with Crippen LogP contribution in [-0.4, -0.2) is 31.9 Å². The third-order valence-electron chi connectivity index (χ3n) is 3.65. The van der Waals surface area contributed by atoms with Crippen molar-refractivity contribution in [1.29, 1.82) is 0 Å². The number of nitrogens with two attached hydrogens (primary N) is 1. The summed E-state index contributed by atoms with van der Waals surface area (Å²) in [4.78, 5) is 4.60. The standard InChI is InChI=1S/C18H15AsClF2N2OS/c20-12-4-1-10(2-5-12)7-13(23)9-19-18-24-17(25)16(26-18)11-3-6-14(21)15(22)8-11/h1-6,8,13,25H,7,9,23H2/t13-/m0/s1. The summed E-state index contributed by atoms with van der Waals surface area (Å²) in [5, 5.41) is 11.5. The molecule has 1 heterocycles. The quantitative estimate of drug-likeness (QED) is 0.556. The molecule has 2 aromatic carbocycles. The molecule has 135 valence electrons. The summed E-state index contributed by atoms with van der Waals surface area (Å²) in [7, 11) is 0. The third kappa shape index (κ3) is 4.83. The SMILES string of the molecule is N[C@H](C[As]c1nc(O)c(-c2ccc(F)c(F)c2)s1)Cc1ccc(Cl)cc1. The van der Waals surface area contributed by atoms with Gasteiger partial charge in [-0.1, -0.05) is 0 Å². The van der Waals surface area contributed by atoms with Crippen molar-refractivity contribution in [2.75, 3.05) is 0 Å². The number of aromatic nitrogens is 1. The normalized spacial score (nSPS) is 12.8. The number of thiazole rings is 1. The Kier molecular flexibility index (Phi) is 6.30. The number of hydrogen-bond donors (Lipinski definition) is 2. The Labute approximate surface area is 165 Å². The number of aromatic hydroxyl groups is 1. The second-order valence-corrected chi connectivity index (χ2v) is 10.1. The zero-order valence-corrected chi connectivity index (χ0v) is 16.9. The Morgan fingerprint density at radius 1 is 1.15 bits per heavy atom. The molecule has 0 amide bonds. The van der Waals surface area contributed by atoms with E-state index in [1.165, 1.54) is 17.4 Å². The van der Waals surface area contributed by atoms with Crippen LogP contribution in [0.15, 0.2) is 42.5 Å². The van der Waals surface area contributed by atoms with Crippen molar-refractivity contribution in [1.82, 2.24) is 4.98 Å². The predicted octanol–water partition coefficient (Wildman–Crippen LogP) is 3.77. The van der Waals surface area contributed by atoms with Crippen molar-refractivity contribution in [3.63, 3.8) is 0 Å². The first kappa shape index (κ1) is 19.3. The molecule has 0 unspecified atom stereocenters. The van der Waals surface area contributed by atoms with E-state index in [1.807, 2.05) is 24.3 Å². The van der Waals surface area contributed by atoms with Gasteiger partial charge >= 0.3 is 166 Å². The van der Waals surface area contributed by atoms with Crippen LogP contribution < -0.4 is 9.53 Å². The van der Waals surface area contributed by atoms with Crippen LogP contribution in [0.5, 0.6) is 5.88 Å². The molecular formula is C18H15AsClF2N2OS. The summed E-state index contributed by atoms with van der Waals surface area (Å²) in [5.74, 6) is -2.02. The van der Waals surface area contributed by atoms with Gasteiger partial charge < -0.3 is 0 Å². The molecular weight excluding hydrogens is 441 g/mol. The molecule has 0 aliphatic heterocycles. The van der Waals surface area contributed by atoms with Crippen LogP contribution in [0.2, 0.25) is 10.2 Å². The first-order chi connectivity index (χ1) is 12.4. The molecule has 8 heteroatoms. The maximum absolute atomic E-state index is 13.4. The number of rotatable bonds is 6. The second-order valence-electron chi connectivity index (χ2n) is 5.71. The summed E-state index contributed by atoms with van der Waals surface area (Å²) in [6.07, 6.45) is 0.736. The van der Waals surface area contributed by atoms with E-state index in [0.717, 1.165) is 33.1 Å². The summed E-state index contributed by atoms with van der Waals surface area (Å²) < 4.78 is 27.3. The number of halogens is 3. The zero-order valence-electron chi connectivity index (χ0n) is 13.5. The number of hydrogen-bond acceptors (Lipinski definition) is 4. The fraction of sp³-hybridized carbons (Fsp3) is 0.167. The van der Waals surface area contributed by atoms with Gasteiger partial charge in [0.1, 0.15) is 0 Å². The first-order valence-electron chi connectivity index (χ1n) is 7.75. The van der Waals surface area contributed by atoms with Gasteiger partial charge in [0.25, 0.3) is 0 Å². The molecule has 1 atom stereocenters. The Bertz CT molecular complexity index is 905. The minimum absolute atomic E-state index is 0.0195. The molecule has 0 fully saturated rings. The van der Waals surface area contributed by atoms with Crippen LogP contribution in [0.1, 0.15) is 5.56 Å². The molecule has 3 nitrogen and oxygen atoms in total. The molecule has 3 aromatic rings. The molecule has 26 heavy (non-hydrogen) atoms. The van der Waals surface area contributed by atoms with E-state index in [4.69, 9.17) is 17.3 Å². The van der Waals surface area contributed by atoms with Crippen molar-refractivity contribution in [3.05, 3.63) is 64.7 Å². The van der Waals surface area contributed by atoms with Gasteiger partial charge in [-0.25, -0.2) is 0 Å². The van der Waals surface area contributed by atoms with Crippen LogP contribution in [0, 0.1) is 11.6 Å². The van der Waals surface area contributed by atoms with Crippen molar-refractivity contribution in [3.8, 4) is 16.3 Å². The van der Waals surface area contributed by atoms with Gasteiger partial charge in [-0.05, 0) is 0 Å². The molecule has 0 bridgehead atoms. The van der Waals surface area contributed by atoms with Crippen molar-refractivity contribution < 1.29 is 13.9 Å².